The van der Waals surface area contributed by atoms with E-state index in [9.17, 15) is 12.8 Å². The first kappa shape index (κ1) is 16.9. The molecule has 0 spiro atoms. The molecule has 3 N–H and O–H groups in total. The van der Waals surface area contributed by atoms with Gasteiger partial charge in [-0.05, 0) is 62.5 Å². The summed E-state index contributed by atoms with van der Waals surface area (Å²) in [6.07, 6.45) is 0. The molecule has 0 radical (unpaired) electrons. The van der Waals surface area contributed by atoms with E-state index >= 15 is 0 Å². The lowest BCUT2D eigenvalue weighted by Gasteiger charge is -2.11. The Balaban J connectivity index is 2.42. The first-order valence-electron chi connectivity index (χ1n) is 5.71. The first-order valence-corrected chi connectivity index (χ1v) is 9.60. The third kappa shape index (κ3) is 3.65. The van der Waals surface area contributed by atoms with Crippen molar-refractivity contribution in [2.24, 2.45) is 5.73 Å². The third-order valence-corrected chi connectivity index (χ3v) is 6.96. The highest BCUT2D eigenvalue weighted by Crippen LogP contribution is 2.33. The third-order valence-electron chi connectivity index (χ3n) is 2.71. The monoisotopic (exact) mass is 456 g/mol. The van der Waals surface area contributed by atoms with Crippen molar-refractivity contribution < 1.29 is 12.8 Å². The zero-order valence-electron chi connectivity index (χ0n) is 10.8. The van der Waals surface area contributed by atoms with Gasteiger partial charge in [0.25, 0.3) is 10.0 Å². The van der Waals surface area contributed by atoms with Crippen molar-refractivity contribution in [2.75, 3.05) is 4.72 Å². The van der Waals surface area contributed by atoms with Crippen LogP contribution in [0.25, 0.3) is 0 Å². The maximum absolute atomic E-state index is 13.6. The Hall–Kier alpha value is -0.480. The van der Waals surface area contributed by atoms with Gasteiger partial charge in [-0.15, -0.1) is 11.3 Å². The van der Waals surface area contributed by atoms with Crippen LogP contribution in [0.4, 0.5) is 10.1 Å². The zero-order valence-corrected chi connectivity index (χ0v) is 15.6. The number of anilines is 1. The lowest BCUT2D eigenvalue weighted by molar-refractivity contribution is 0.601. The molecule has 1 heterocycles. The average molecular weight is 458 g/mol. The number of nitrogens with one attached hydrogen (secondary N) is 1. The van der Waals surface area contributed by atoms with Crippen LogP contribution in [0.1, 0.15) is 10.4 Å². The molecule has 0 amide bonds. The van der Waals surface area contributed by atoms with Gasteiger partial charge in [-0.25, -0.2) is 12.8 Å². The first-order chi connectivity index (χ1) is 9.74. The SMILES string of the molecule is Cc1cc(Br)c(F)cc1NS(=O)(=O)c1cc(CN)sc1Br. The van der Waals surface area contributed by atoms with Gasteiger partial charge in [0.1, 0.15) is 10.7 Å². The molecule has 4 nitrogen and oxygen atoms in total. The highest BCUT2D eigenvalue weighted by atomic mass is 79.9. The molecule has 0 aliphatic carbocycles. The van der Waals surface area contributed by atoms with Crippen LogP contribution in [0.5, 0.6) is 0 Å². The Morgan fingerprint density at radius 2 is 2.00 bits per heavy atom. The number of sulfonamides is 1. The molecule has 9 heteroatoms. The summed E-state index contributed by atoms with van der Waals surface area (Å²) in [6.45, 7) is 1.95. The summed E-state index contributed by atoms with van der Waals surface area (Å²) in [5, 5.41) is 0. The molecular formula is C12H11Br2FN2O2S2. The van der Waals surface area contributed by atoms with Crippen molar-refractivity contribution in [1.82, 2.24) is 0 Å². The Kier molecular flexibility index (Phi) is 5.09. The Labute approximate surface area is 142 Å². The summed E-state index contributed by atoms with van der Waals surface area (Å²) in [4.78, 5) is 0.830. The fraction of sp³-hybridized carbons (Fsp3) is 0.167. The van der Waals surface area contributed by atoms with Crippen molar-refractivity contribution >= 4 is 58.9 Å². The quantitative estimate of drug-likeness (QED) is 0.729. The second-order valence-corrected chi connectivity index (χ2v) is 9.20. The topological polar surface area (TPSA) is 72.2 Å². The molecule has 0 saturated heterocycles. The second-order valence-electron chi connectivity index (χ2n) is 4.24. The van der Waals surface area contributed by atoms with Crippen molar-refractivity contribution in [1.29, 1.82) is 0 Å². The molecule has 2 aromatic rings. The zero-order chi connectivity index (χ0) is 15.8. The van der Waals surface area contributed by atoms with E-state index < -0.39 is 15.8 Å². The number of hydrogen-bond acceptors (Lipinski definition) is 4. The fourth-order valence-electron chi connectivity index (χ4n) is 1.64. The maximum atomic E-state index is 13.6. The highest BCUT2D eigenvalue weighted by molar-refractivity contribution is 9.11. The number of thiophene rings is 1. The molecule has 0 aliphatic rings. The summed E-state index contributed by atoms with van der Waals surface area (Å²) in [5.74, 6) is -0.537. The lowest BCUT2D eigenvalue weighted by Crippen LogP contribution is -2.14. The molecule has 1 aromatic heterocycles. The van der Waals surface area contributed by atoms with E-state index in [1.807, 2.05) is 0 Å². The molecule has 21 heavy (non-hydrogen) atoms. The molecule has 0 fully saturated rings. The maximum Gasteiger partial charge on any atom is 0.263 e. The van der Waals surface area contributed by atoms with Crippen LogP contribution in [-0.2, 0) is 16.6 Å². The Morgan fingerprint density at radius 3 is 2.57 bits per heavy atom. The molecule has 1 aromatic carbocycles. The molecule has 0 unspecified atom stereocenters. The van der Waals surface area contributed by atoms with Gasteiger partial charge in [-0.2, -0.15) is 0 Å². The van der Waals surface area contributed by atoms with Gasteiger partial charge in [-0.1, -0.05) is 0 Å². The van der Waals surface area contributed by atoms with E-state index in [1.165, 1.54) is 23.5 Å². The predicted octanol–water partition coefficient (Wildman–Crippen LogP) is 3.98. The van der Waals surface area contributed by atoms with Gasteiger partial charge < -0.3 is 5.73 Å². The van der Waals surface area contributed by atoms with Crippen LogP contribution in [0.2, 0.25) is 0 Å². The van der Waals surface area contributed by atoms with E-state index in [0.717, 1.165) is 10.9 Å². The minimum Gasteiger partial charge on any atom is -0.326 e. The number of halogens is 3. The van der Waals surface area contributed by atoms with Crippen molar-refractivity contribution in [3.63, 3.8) is 0 Å². The second kappa shape index (κ2) is 6.33. The van der Waals surface area contributed by atoms with Crippen molar-refractivity contribution in [3.05, 3.63) is 42.7 Å². The number of nitrogens with two attached hydrogens (primary N) is 1. The van der Waals surface area contributed by atoms with E-state index in [2.05, 4.69) is 36.6 Å². The number of hydrogen-bond donors (Lipinski definition) is 2. The lowest BCUT2D eigenvalue weighted by atomic mass is 10.2. The minimum atomic E-state index is -3.81. The highest BCUT2D eigenvalue weighted by Gasteiger charge is 2.22. The summed E-state index contributed by atoms with van der Waals surface area (Å²) >= 11 is 7.52. The van der Waals surface area contributed by atoms with Crippen molar-refractivity contribution in [2.45, 2.75) is 18.4 Å². The van der Waals surface area contributed by atoms with Gasteiger partial charge in [-0.3, -0.25) is 4.72 Å². The van der Waals surface area contributed by atoms with E-state index in [1.54, 1.807) is 6.92 Å². The standard InChI is InChI=1S/C12H11Br2FN2O2S2/c1-6-2-8(13)9(15)4-10(6)17-21(18,19)11-3-7(5-16)20-12(11)14/h2-4,17H,5,16H2,1H3. The molecule has 0 atom stereocenters. The molecule has 0 aliphatic heterocycles. The summed E-state index contributed by atoms with van der Waals surface area (Å²) in [7, 11) is -3.81. The molecule has 114 valence electrons. The van der Waals surface area contributed by atoms with E-state index in [-0.39, 0.29) is 21.6 Å². The fourth-order valence-corrected chi connectivity index (χ4v) is 5.78. The molecular weight excluding hydrogens is 447 g/mol. The largest absolute Gasteiger partial charge is 0.326 e. The molecule has 0 bridgehead atoms. The number of rotatable bonds is 4. The summed E-state index contributed by atoms with van der Waals surface area (Å²) in [6, 6.07) is 4.16. The van der Waals surface area contributed by atoms with Crippen LogP contribution in [0, 0.1) is 12.7 Å². The number of aryl methyl sites for hydroxylation is 1. The van der Waals surface area contributed by atoms with Crippen LogP contribution >= 0.6 is 43.2 Å². The smallest absolute Gasteiger partial charge is 0.263 e. The number of benzene rings is 1. The van der Waals surface area contributed by atoms with Crippen LogP contribution in [-0.4, -0.2) is 8.42 Å². The van der Waals surface area contributed by atoms with Gasteiger partial charge in [0.2, 0.25) is 0 Å². The van der Waals surface area contributed by atoms with Crippen LogP contribution in [0.3, 0.4) is 0 Å². The summed E-state index contributed by atoms with van der Waals surface area (Å²) in [5.41, 5.74) is 6.31. The minimum absolute atomic E-state index is 0.0932. The van der Waals surface area contributed by atoms with Crippen LogP contribution < -0.4 is 10.5 Å². The predicted molar refractivity (Wildman–Crippen MR) is 89.6 cm³/mol. The van der Waals surface area contributed by atoms with E-state index in [4.69, 9.17) is 5.73 Å². The van der Waals surface area contributed by atoms with Crippen molar-refractivity contribution in [3.8, 4) is 0 Å². The Morgan fingerprint density at radius 1 is 1.33 bits per heavy atom. The van der Waals surface area contributed by atoms with Crippen LogP contribution in [0.15, 0.2) is 31.4 Å². The Bertz CT molecular complexity index is 791. The van der Waals surface area contributed by atoms with Gasteiger partial charge in [0.15, 0.2) is 0 Å². The average Bonchev–Trinajstić information content (AvgIpc) is 2.78. The van der Waals surface area contributed by atoms with Gasteiger partial charge in [0.05, 0.1) is 13.9 Å². The van der Waals surface area contributed by atoms with Gasteiger partial charge >= 0.3 is 0 Å². The van der Waals surface area contributed by atoms with E-state index in [0.29, 0.717) is 9.35 Å². The molecule has 0 saturated carbocycles. The molecule has 2 rings (SSSR count). The van der Waals surface area contributed by atoms with Gasteiger partial charge in [0, 0.05) is 11.4 Å². The summed E-state index contributed by atoms with van der Waals surface area (Å²) < 4.78 is 41.5. The normalized spacial score (nSPS) is 11.7.